The number of aryl methyl sites for hydroxylation is 1. The van der Waals surface area contributed by atoms with Crippen LogP contribution in [0, 0.1) is 3.57 Å². The van der Waals surface area contributed by atoms with Crippen molar-refractivity contribution in [2.45, 2.75) is 51.5 Å². The van der Waals surface area contributed by atoms with Gasteiger partial charge in [0.05, 0.1) is 0 Å². The number of nitrogens with one attached hydrogen (secondary N) is 1. The molecule has 0 aliphatic rings. The molecule has 0 aliphatic heterocycles. The van der Waals surface area contributed by atoms with Crippen LogP contribution < -0.4 is 11.1 Å². The van der Waals surface area contributed by atoms with Crippen molar-refractivity contribution in [2.24, 2.45) is 5.73 Å². The highest BCUT2D eigenvalue weighted by Crippen LogP contribution is 2.10. The second-order valence-corrected chi connectivity index (χ2v) is 6.55. The van der Waals surface area contributed by atoms with Gasteiger partial charge in [0.1, 0.15) is 0 Å². The maximum Gasteiger partial charge on any atom is 0.219 e. The topological polar surface area (TPSA) is 55.1 Å². The molecule has 112 valence electrons. The summed E-state index contributed by atoms with van der Waals surface area (Å²) in [6.07, 6.45) is 5.79. The SMILES string of the molecule is CC(N)CCNC(=O)CCCCCc1ccc(I)cc1. The lowest BCUT2D eigenvalue weighted by Crippen LogP contribution is -2.28. The van der Waals surface area contributed by atoms with E-state index in [1.165, 1.54) is 9.13 Å². The predicted octanol–water partition coefficient (Wildman–Crippen LogP) is 3.25. The lowest BCUT2D eigenvalue weighted by molar-refractivity contribution is -0.121. The normalized spacial score (nSPS) is 12.2. The van der Waals surface area contributed by atoms with Gasteiger partial charge in [-0.25, -0.2) is 0 Å². The van der Waals surface area contributed by atoms with Gasteiger partial charge in [0.2, 0.25) is 5.91 Å². The standard InChI is InChI=1S/C16H25IN2O/c1-13(18)11-12-19-16(20)6-4-2-3-5-14-7-9-15(17)10-8-14/h7-10,13H,2-6,11-12,18H2,1H3,(H,19,20). The first-order valence-corrected chi connectivity index (χ1v) is 8.42. The van der Waals surface area contributed by atoms with Gasteiger partial charge in [0.15, 0.2) is 0 Å². The number of amides is 1. The Bertz CT molecular complexity index is 390. The summed E-state index contributed by atoms with van der Waals surface area (Å²) >= 11 is 2.32. The molecule has 0 aromatic heterocycles. The van der Waals surface area contributed by atoms with Gasteiger partial charge in [-0.2, -0.15) is 0 Å². The summed E-state index contributed by atoms with van der Waals surface area (Å²) in [7, 11) is 0. The van der Waals surface area contributed by atoms with Crippen molar-refractivity contribution in [1.29, 1.82) is 0 Å². The summed E-state index contributed by atoms with van der Waals surface area (Å²) in [5.41, 5.74) is 7.01. The molecule has 1 aromatic carbocycles. The molecule has 1 atom stereocenters. The van der Waals surface area contributed by atoms with E-state index < -0.39 is 0 Å². The van der Waals surface area contributed by atoms with Crippen LogP contribution in [-0.4, -0.2) is 18.5 Å². The maximum absolute atomic E-state index is 11.5. The first-order valence-electron chi connectivity index (χ1n) is 7.34. The minimum atomic E-state index is 0.153. The van der Waals surface area contributed by atoms with Crippen LogP contribution >= 0.6 is 22.6 Å². The summed E-state index contributed by atoms with van der Waals surface area (Å²) in [5.74, 6) is 0.153. The average molecular weight is 388 g/mol. The van der Waals surface area contributed by atoms with Gasteiger partial charge in [-0.05, 0) is 72.9 Å². The fraction of sp³-hybridized carbons (Fsp3) is 0.562. The zero-order valence-electron chi connectivity index (χ0n) is 12.2. The molecule has 1 amide bonds. The largest absolute Gasteiger partial charge is 0.356 e. The minimum absolute atomic E-state index is 0.153. The highest BCUT2D eigenvalue weighted by atomic mass is 127. The quantitative estimate of drug-likeness (QED) is 0.504. The van der Waals surface area contributed by atoms with Gasteiger partial charge in [-0.1, -0.05) is 18.6 Å². The summed E-state index contributed by atoms with van der Waals surface area (Å²) < 4.78 is 1.27. The molecule has 1 rings (SSSR count). The lowest BCUT2D eigenvalue weighted by Gasteiger charge is -2.07. The average Bonchev–Trinajstić information content (AvgIpc) is 2.40. The fourth-order valence-electron chi connectivity index (χ4n) is 1.97. The Morgan fingerprint density at radius 3 is 2.60 bits per heavy atom. The van der Waals surface area contributed by atoms with Gasteiger partial charge in [-0.15, -0.1) is 0 Å². The van der Waals surface area contributed by atoms with Crippen molar-refractivity contribution >= 4 is 28.5 Å². The second kappa shape index (κ2) is 10.2. The molecule has 0 bridgehead atoms. The molecule has 0 heterocycles. The third kappa shape index (κ3) is 8.53. The first kappa shape index (κ1) is 17.4. The maximum atomic E-state index is 11.5. The molecule has 0 radical (unpaired) electrons. The molecule has 3 N–H and O–H groups in total. The second-order valence-electron chi connectivity index (χ2n) is 5.30. The molecule has 0 saturated heterocycles. The monoisotopic (exact) mass is 388 g/mol. The third-order valence-corrected chi connectivity index (χ3v) is 3.92. The van der Waals surface area contributed by atoms with E-state index in [1.807, 2.05) is 6.92 Å². The fourth-order valence-corrected chi connectivity index (χ4v) is 2.33. The van der Waals surface area contributed by atoms with Crippen molar-refractivity contribution in [2.75, 3.05) is 6.54 Å². The van der Waals surface area contributed by atoms with Crippen LogP contribution in [-0.2, 0) is 11.2 Å². The van der Waals surface area contributed by atoms with Gasteiger partial charge < -0.3 is 11.1 Å². The Morgan fingerprint density at radius 2 is 1.95 bits per heavy atom. The van der Waals surface area contributed by atoms with Gasteiger partial charge in [0, 0.05) is 22.6 Å². The number of nitrogens with two attached hydrogens (primary N) is 1. The van der Waals surface area contributed by atoms with Crippen LogP contribution in [0.15, 0.2) is 24.3 Å². The zero-order chi connectivity index (χ0) is 14.8. The number of hydrogen-bond acceptors (Lipinski definition) is 2. The van der Waals surface area contributed by atoms with E-state index in [2.05, 4.69) is 52.2 Å². The summed E-state index contributed by atoms with van der Waals surface area (Å²) in [5, 5.41) is 2.91. The Balaban J connectivity index is 2.01. The summed E-state index contributed by atoms with van der Waals surface area (Å²) in [4.78, 5) is 11.5. The Labute approximate surface area is 135 Å². The highest BCUT2D eigenvalue weighted by molar-refractivity contribution is 14.1. The minimum Gasteiger partial charge on any atom is -0.356 e. The number of carbonyl (C=O) groups excluding carboxylic acids is 1. The molecular weight excluding hydrogens is 363 g/mol. The molecule has 4 heteroatoms. The molecule has 3 nitrogen and oxygen atoms in total. The molecule has 0 aliphatic carbocycles. The molecule has 0 saturated carbocycles. The summed E-state index contributed by atoms with van der Waals surface area (Å²) in [6.45, 7) is 2.65. The molecule has 0 spiro atoms. The Morgan fingerprint density at radius 1 is 1.25 bits per heavy atom. The van der Waals surface area contributed by atoms with E-state index in [9.17, 15) is 4.79 Å². The predicted molar refractivity (Wildman–Crippen MR) is 92.6 cm³/mol. The van der Waals surface area contributed by atoms with Crippen molar-refractivity contribution in [3.63, 3.8) is 0 Å². The van der Waals surface area contributed by atoms with E-state index in [4.69, 9.17) is 5.73 Å². The number of benzene rings is 1. The molecule has 1 aromatic rings. The highest BCUT2D eigenvalue weighted by Gasteiger charge is 2.01. The third-order valence-electron chi connectivity index (χ3n) is 3.20. The van der Waals surface area contributed by atoms with Crippen LogP contribution in [0.25, 0.3) is 0 Å². The van der Waals surface area contributed by atoms with Crippen LogP contribution in [0.3, 0.4) is 0 Å². The van der Waals surface area contributed by atoms with E-state index in [-0.39, 0.29) is 11.9 Å². The zero-order valence-corrected chi connectivity index (χ0v) is 14.4. The molecule has 1 unspecified atom stereocenters. The van der Waals surface area contributed by atoms with E-state index >= 15 is 0 Å². The van der Waals surface area contributed by atoms with E-state index in [0.717, 1.165) is 32.1 Å². The number of hydrogen-bond donors (Lipinski definition) is 2. The van der Waals surface area contributed by atoms with Crippen LogP contribution in [0.4, 0.5) is 0 Å². The Kier molecular flexibility index (Phi) is 8.85. The van der Waals surface area contributed by atoms with E-state index in [1.54, 1.807) is 0 Å². The smallest absolute Gasteiger partial charge is 0.219 e. The van der Waals surface area contributed by atoms with Gasteiger partial charge in [0.25, 0.3) is 0 Å². The number of rotatable bonds is 9. The van der Waals surface area contributed by atoms with Crippen LogP contribution in [0.1, 0.15) is 44.6 Å². The molecular formula is C16H25IN2O. The molecule has 0 fully saturated rings. The summed E-state index contributed by atoms with van der Waals surface area (Å²) in [6, 6.07) is 8.80. The first-order chi connectivity index (χ1) is 9.58. The van der Waals surface area contributed by atoms with Gasteiger partial charge in [-0.3, -0.25) is 4.79 Å². The van der Waals surface area contributed by atoms with E-state index in [0.29, 0.717) is 13.0 Å². The van der Waals surface area contributed by atoms with Crippen LogP contribution in [0.5, 0.6) is 0 Å². The van der Waals surface area contributed by atoms with Crippen LogP contribution in [0.2, 0.25) is 0 Å². The Hall–Kier alpha value is -0.620. The van der Waals surface area contributed by atoms with Gasteiger partial charge >= 0.3 is 0 Å². The number of halogens is 1. The number of unbranched alkanes of at least 4 members (excludes halogenated alkanes) is 2. The van der Waals surface area contributed by atoms with Crippen molar-refractivity contribution in [3.8, 4) is 0 Å². The van der Waals surface area contributed by atoms with Crippen molar-refractivity contribution < 1.29 is 4.79 Å². The van der Waals surface area contributed by atoms with Crippen molar-refractivity contribution in [3.05, 3.63) is 33.4 Å². The molecule has 20 heavy (non-hydrogen) atoms. The number of carbonyl (C=O) groups is 1. The lowest BCUT2D eigenvalue weighted by atomic mass is 10.1. The van der Waals surface area contributed by atoms with Crippen molar-refractivity contribution in [1.82, 2.24) is 5.32 Å².